The second kappa shape index (κ2) is 17.5. The summed E-state index contributed by atoms with van der Waals surface area (Å²) in [5, 5.41) is 13.8. The van der Waals surface area contributed by atoms with E-state index in [2.05, 4.69) is 39.8 Å². The molecule has 4 atom stereocenters. The standard InChI is InChI=1S/C34H47N7O4S2/c1-5-22(4)29(35)34(45)41-15-9-13-28(42)37-24(17-21(2)3)32-40-27(20-47-32)31(44)38-25(18-23-11-7-6-8-12-23)33-39-26(19-46-33)30(43)36-14-10-16-41/h6-8,11-12,19-22,24-25,29H,5,9-10,13-18,35H2,1-4H3,(H,36,43)(H,37,42)(H,38,44)/t22-,24?,25+,29-/m1/s1. The molecular weight excluding hydrogens is 635 g/mol. The van der Waals surface area contributed by atoms with Crippen LogP contribution >= 0.6 is 22.7 Å². The van der Waals surface area contributed by atoms with Crippen molar-refractivity contribution in [1.29, 1.82) is 0 Å². The number of carbonyl (C=O) groups is 4. The van der Waals surface area contributed by atoms with Crippen LogP contribution in [-0.4, -0.2) is 64.2 Å². The highest BCUT2D eigenvalue weighted by atomic mass is 32.1. The summed E-state index contributed by atoms with van der Waals surface area (Å²) in [5.41, 5.74) is 7.86. The van der Waals surface area contributed by atoms with Crippen molar-refractivity contribution in [3.05, 3.63) is 68.1 Å². The van der Waals surface area contributed by atoms with E-state index in [1.54, 1.807) is 15.7 Å². The number of rotatable bonds is 7. The van der Waals surface area contributed by atoms with Crippen LogP contribution in [-0.2, 0) is 16.0 Å². The van der Waals surface area contributed by atoms with Crippen LogP contribution in [0, 0.1) is 11.8 Å². The van der Waals surface area contributed by atoms with Crippen LogP contribution in [0.5, 0.6) is 0 Å². The summed E-state index contributed by atoms with van der Waals surface area (Å²) in [7, 11) is 0. The Hall–Kier alpha value is -3.68. The maximum atomic E-state index is 13.5. The van der Waals surface area contributed by atoms with Gasteiger partial charge < -0.3 is 26.6 Å². The molecule has 0 spiro atoms. The number of benzene rings is 1. The molecule has 4 bridgehead atoms. The van der Waals surface area contributed by atoms with Crippen LogP contribution in [0.1, 0.15) is 108 Å². The Morgan fingerprint density at radius 1 is 0.936 bits per heavy atom. The third-order valence-corrected chi connectivity index (χ3v) is 10.2. The van der Waals surface area contributed by atoms with Crippen molar-refractivity contribution in [2.45, 2.75) is 84.3 Å². The van der Waals surface area contributed by atoms with Crippen LogP contribution in [0.2, 0.25) is 0 Å². The Morgan fingerprint density at radius 2 is 1.57 bits per heavy atom. The third kappa shape index (κ3) is 10.4. The molecule has 0 fully saturated rings. The number of nitrogens with one attached hydrogen (secondary N) is 3. The van der Waals surface area contributed by atoms with E-state index >= 15 is 0 Å². The molecule has 5 N–H and O–H groups in total. The molecule has 0 radical (unpaired) electrons. The molecule has 4 rings (SSSR count). The number of nitrogens with zero attached hydrogens (tertiary/aromatic N) is 3. The lowest BCUT2D eigenvalue weighted by molar-refractivity contribution is -0.134. The molecule has 0 saturated carbocycles. The van der Waals surface area contributed by atoms with Crippen molar-refractivity contribution in [3.63, 3.8) is 0 Å². The quantitative estimate of drug-likeness (QED) is 0.283. The van der Waals surface area contributed by atoms with E-state index in [0.29, 0.717) is 55.3 Å². The van der Waals surface area contributed by atoms with Gasteiger partial charge in [-0.3, -0.25) is 19.2 Å². The van der Waals surface area contributed by atoms with Gasteiger partial charge in [-0.05, 0) is 43.1 Å². The van der Waals surface area contributed by atoms with Crippen molar-refractivity contribution >= 4 is 46.3 Å². The van der Waals surface area contributed by atoms with Gasteiger partial charge in [-0.2, -0.15) is 0 Å². The van der Waals surface area contributed by atoms with Crippen LogP contribution < -0.4 is 21.7 Å². The normalized spacial score (nSPS) is 20.0. The van der Waals surface area contributed by atoms with E-state index in [9.17, 15) is 19.2 Å². The maximum absolute atomic E-state index is 13.5. The molecule has 254 valence electrons. The summed E-state index contributed by atoms with van der Waals surface area (Å²) >= 11 is 2.65. The minimum atomic E-state index is -0.638. The fourth-order valence-electron chi connectivity index (χ4n) is 5.38. The fourth-order valence-corrected chi connectivity index (χ4v) is 7.09. The number of aromatic nitrogens is 2. The number of hydrogen-bond donors (Lipinski definition) is 4. The minimum Gasteiger partial charge on any atom is -0.351 e. The van der Waals surface area contributed by atoms with Crippen molar-refractivity contribution < 1.29 is 19.2 Å². The summed E-state index contributed by atoms with van der Waals surface area (Å²) < 4.78 is 0. The lowest BCUT2D eigenvalue weighted by atomic mass is 9.98. The molecule has 11 nitrogen and oxygen atoms in total. The summed E-state index contributed by atoms with van der Waals surface area (Å²) in [6.45, 7) is 9.22. The van der Waals surface area contributed by atoms with Gasteiger partial charge in [-0.25, -0.2) is 9.97 Å². The van der Waals surface area contributed by atoms with Gasteiger partial charge in [0.2, 0.25) is 11.8 Å². The fraction of sp³-hybridized carbons (Fsp3) is 0.529. The molecule has 47 heavy (non-hydrogen) atoms. The SMILES string of the molecule is CC[C@@H](C)[C@@H](N)C(=O)N1CCCNC(=O)c2csc(n2)[C@H](Cc2ccccc2)NC(=O)c2csc(n2)C(CC(C)C)NC(=O)CCC1. The predicted octanol–water partition coefficient (Wildman–Crippen LogP) is 4.63. The molecule has 3 aromatic rings. The zero-order valence-corrected chi connectivity index (χ0v) is 29.3. The van der Waals surface area contributed by atoms with Gasteiger partial charge in [-0.15, -0.1) is 22.7 Å². The molecule has 1 aromatic carbocycles. The first-order chi connectivity index (χ1) is 22.5. The number of amides is 4. The molecule has 2 aromatic heterocycles. The van der Waals surface area contributed by atoms with E-state index in [1.807, 2.05) is 44.2 Å². The first kappa shape index (κ1) is 36.2. The van der Waals surface area contributed by atoms with Crippen molar-refractivity contribution in [1.82, 2.24) is 30.8 Å². The molecule has 4 amide bonds. The summed E-state index contributed by atoms with van der Waals surface area (Å²) in [5.74, 6) is -0.678. The first-order valence-corrected chi connectivity index (χ1v) is 18.2. The van der Waals surface area contributed by atoms with E-state index in [4.69, 9.17) is 5.73 Å². The predicted molar refractivity (Wildman–Crippen MR) is 185 cm³/mol. The zero-order valence-electron chi connectivity index (χ0n) is 27.7. The Kier molecular flexibility index (Phi) is 13.4. The summed E-state index contributed by atoms with van der Waals surface area (Å²) in [6, 6.07) is 8.30. The second-order valence-electron chi connectivity index (χ2n) is 12.6. The zero-order chi connectivity index (χ0) is 33.9. The summed E-state index contributed by atoms with van der Waals surface area (Å²) in [4.78, 5) is 64.1. The van der Waals surface area contributed by atoms with Crippen LogP contribution in [0.3, 0.4) is 0 Å². The Morgan fingerprint density at radius 3 is 2.23 bits per heavy atom. The smallest absolute Gasteiger partial charge is 0.271 e. The average Bonchev–Trinajstić information content (AvgIpc) is 3.75. The van der Waals surface area contributed by atoms with E-state index < -0.39 is 12.1 Å². The van der Waals surface area contributed by atoms with Crippen molar-refractivity contribution in [3.8, 4) is 0 Å². The van der Waals surface area contributed by atoms with Gasteiger partial charge >= 0.3 is 0 Å². The third-order valence-electron chi connectivity index (χ3n) is 8.31. The van der Waals surface area contributed by atoms with E-state index in [0.717, 1.165) is 12.0 Å². The van der Waals surface area contributed by atoms with Crippen LogP contribution in [0.15, 0.2) is 41.1 Å². The molecule has 1 unspecified atom stereocenters. The highest BCUT2D eigenvalue weighted by Crippen LogP contribution is 2.27. The molecule has 3 heterocycles. The van der Waals surface area contributed by atoms with E-state index in [-0.39, 0.29) is 59.3 Å². The van der Waals surface area contributed by atoms with Gasteiger partial charge in [0.15, 0.2) is 0 Å². The topological polar surface area (TPSA) is 159 Å². The molecular formula is C34H47N7O4S2. The highest BCUT2D eigenvalue weighted by Gasteiger charge is 2.27. The van der Waals surface area contributed by atoms with Crippen LogP contribution in [0.25, 0.3) is 0 Å². The average molecular weight is 682 g/mol. The second-order valence-corrected chi connectivity index (χ2v) is 14.3. The van der Waals surface area contributed by atoms with Crippen molar-refractivity contribution in [2.75, 3.05) is 19.6 Å². The molecule has 0 saturated heterocycles. The van der Waals surface area contributed by atoms with Gasteiger partial charge in [0.25, 0.3) is 11.8 Å². The summed E-state index contributed by atoms with van der Waals surface area (Å²) in [6.07, 6.45) is 3.11. The van der Waals surface area contributed by atoms with Crippen molar-refractivity contribution in [2.24, 2.45) is 17.6 Å². The van der Waals surface area contributed by atoms with Crippen LogP contribution in [0.4, 0.5) is 0 Å². The monoisotopic (exact) mass is 681 g/mol. The number of hydrogen-bond acceptors (Lipinski definition) is 9. The molecule has 13 heteroatoms. The number of carbonyl (C=O) groups excluding carboxylic acids is 4. The van der Waals surface area contributed by atoms with E-state index in [1.165, 1.54) is 22.7 Å². The number of fused-ring (bicyclic) bond motifs is 4. The Bertz CT molecular complexity index is 1490. The largest absolute Gasteiger partial charge is 0.351 e. The number of thiazole rings is 2. The van der Waals surface area contributed by atoms with Gasteiger partial charge in [-0.1, -0.05) is 64.4 Å². The first-order valence-electron chi connectivity index (χ1n) is 16.4. The van der Waals surface area contributed by atoms with Gasteiger partial charge in [0, 0.05) is 36.8 Å². The highest BCUT2D eigenvalue weighted by molar-refractivity contribution is 7.10. The molecule has 1 aliphatic rings. The Labute approximate surface area is 285 Å². The Balaban J connectivity index is 1.61. The minimum absolute atomic E-state index is 0.0153. The maximum Gasteiger partial charge on any atom is 0.271 e. The molecule has 1 aliphatic heterocycles. The lowest BCUT2D eigenvalue weighted by Crippen LogP contribution is -2.48. The van der Waals surface area contributed by atoms with Gasteiger partial charge in [0.05, 0.1) is 18.1 Å². The van der Waals surface area contributed by atoms with Gasteiger partial charge in [0.1, 0.15) is 21.4 Å². The lowest BCUT2D eigenvalue weighted by Gasteiger charge is -2.28. The molecule has 0 aliphatic carbocycles. The number of nitrogens with two attached hydrogens (primary N) is 1.